The van der Waals surface area contributed by atoms with Crippen molar-refractivity contribution in [3.63, 3.8) is 0 Å². The quantitative estimate of drug-likeness (QED) is 0.114. The molecular formula is C29H35O17+. The zero-order chi connectivity index (χ0) is 33.4. The van der Waals surface area contributed by atoms with Gasteiger partial charge >= 0.3 is 11.3 Å². The Balaban J connectivity index is 1.65. The molecule has 0 saturated carbocycles. The summed E-state index contributed by atoms with van der Waals surface area (Å²) in [6, 6.07) is 6.34. The molecule has 3 aromatic rings. The summed E-state index contributed by atoms with van der Waals surface area (Å²) in [7, 11) is 2.59. The molecule has 10 atom stereocenters. The number of aliphatic hydroxyl groups is 8. The molecule has 252 valence electrons. The van der Waals surface area contributed by atoms with Crippen LogP contribution in [0.25, 0.3) is 22.3 Å². The van der Waals surface area contributed by atoms with Gasteiger partial charge in [-0.05, 0) is 0 Å². The van der Waals surface area contributed by atoms with E-state index in [9.17, 15) is 51.1 Å². The smallest absolute Gasteiger partial charge is 0.402 e. The summed E-state index contributed by atoms with van der Waals surface area (Å²) in [6.45, 7) is -1.45. The van der Waals surface area contributed by atoms with Gasteiger partial charge in [0.05, 0.1) is 39.1 Å². The molecule has 1 aromatic heterocycles. The number of aliphatic hydroxyl groups excluding tert-OH is 8. The Morgan fingerprint density at radius 1 is 0.630 bits per heavy atom. The van der Waals surface area contributed by atoms with Crippen molar-refractivity contribution in [3.8, 4) is 45.8 Å². The van der Waals surface area contributed by atoms with Crippen molar-refractivity contribution in [1.29, 1.82) is 0 Å². The fourth-order valence-electron chi connectivity index (χ4n) is 5.16. The van der Waals surface area contributed by atoms with E-state index in [0.29, 0.717) is 0 Å². The van der Waals surface area contributed by atoms with Crippen molar-refractivity contribution in [2.24, 2.45) is 0 Å². The first-order valence-corrected chi connectivity index (χ1v) is 14.0. The molecule has 0 radical (unpaired) electrons. The van der Waals surface area contributed by atoms with Crippen molar-refractivity contribution < 1.29 is 83.9 Å². The molecule has 17 heteroatoms. The van der Waals surface area contributed by atoms with Crippen molar-refractivity contribution in [2.75, 3.05) is 27.4 Å². The highest BCUT2D eigenvalue weighted by atomic mass is 16.7. The zero-order valence-electron chi connectivity index (χ0n) is 24.4. The predicted molar refractivity (Wildman–Crippen MR) is 151 cm³/mol. The molecule has 0 bridgehead atoms. The highest BCUT2D eigenvalue weighted by molar-refractivity contribution is 5.89. The molecule has 5 rings (SSSR count). The van der Waals surface area contributed by atoms with E-state index in [-0.39, 0.29) is 56.8 Å². The highest BCUT2D eigenvalue weighted by Crippen LogP contribution is 2.46. The molecule has 46 heavy (non-hydrogen) atoms. The first-order chi connectivity index (χ1) is 21.9. The Kier molecular flexibility index (Phi) is 9.89. The van der Waals surface area contributed by atoms with Crippen LogP contribution in [0.3, 0.4) is 0 Å². The van der Waals surface area contributed by atoms with Crippen molar-refractivity contribution in [1.82, 2.24) is 0 Å². The molecule has 2 fully saturated rings. The number of methoxy groups -OCH3 is 2. The van der Waals surface area contributed by atoms with E-state index < -0.39 is 74.6 Å². The summed E-state index contributed by atoms with van der Waals surface area (Å²) >= 11 is 0. The summed E-state index contributed by atoms with van der Waals surface area (Å²) in [5.41, 5.74) is 0.120. The molecule has 0 amide bonds. The van der Waals surface area contributed by atoms with Crippen LogP contribution in [-0.2, 0) is 9.47 Å². The van der Waals surface area contributed by atoms with E-state index in [1.54, 1.807) is 0 Å². The molecule has 3 heterocycles. The van der Waals surface area contributed by atoms with Crippen molar-refractivity contribution in [2.45, 2.75) is 61.4 Å². The number of phenols is 2. The molecule has 17 nitrogen and oxygen atoms in total. The fourth-order valence-corrected chi connectivity index (χ4v) is 5.16. The van der Waals surface area contributed by atoms with Crippen LogP contribution in [0.2, 0.25) is 0 Å². The number of phenolic OH excluding ortho intramolecular Hbond substituents is 2. The lowest BCUT2D eigenvalue weighted by Crippen LogP contribution is -2.60. The van der Waals surface area contributed by atoms with E-state index in [2.05, 4.69) is 0 Å². The summed E-state index contributed by atoms with van der Waals surface area (Å²) in [6.07, 6.45) is -16.5. The largest absolute Gasteiger partial charge is 0.507 e. The lowest BCUT2D eigenvalue weighted by atomic mass is 9.99. The SMILES string of the molecule is COc1cc(-c2[o+]c3cc(O)cc(OC4O[C@H](CO)[C@@H](O)[C@H](O)[C@H]4O)c3cc2OC2O[C@H](CO)[C@@H](O)[C@H](O)[C@H]2O)cc(OC)c1O. The molecule has 2 aromatic carbocycles. The Morgan fingerprint density at radius 2 is 1.13 bits per heavy atom. The van der Waals surface area contributed by atoms with Gasteiger partial charge in [0.25, 0.3) is 0 Å². The maximum atomic E-state index is 10.7. The molecule has 2 unspecified atom stereocenters. The van der Waals surface area contributed by atoms with Gasteiger partial charge < -0.3 is 79.5 Å². The second-order valence-electron chi connectivity index (χ2n) is 10.7. The highest BCUT2D eigenvalue weighted by Gasteiger charge is 2.47. The van der Waals surface area contributed by atoms with Crippen LogP contribution < -0.4 is 18.9 Å². The van der Waals surface area contributed by atoms with E-state index in [4.69, 9.17) is 32.8 Å². The number of benzene rings is 2. The van der Waals surface area contributed by atoms with E-state index in [1.165, 1.54) is 38.5 Å². The second kappa shape index (κ2) is 13.5. The Morgan fingerprint density at radius 3 is 1.61 bits per heavy atom. The lowest BCUT2D eigenvalue weighted by molar-refractivity contribution is -0.277. The van der Waals surface area contributed by atoms with E-state index in [0.717, 1.165) is 6.07 Å². The normalized spacial score (nSPS) is 31.4. The number of ether oxygens (including phenoxy) is 6. The van der Waals surface area contributed by atoms with Gasteiger partial charge in [0, 0.05) is 24.3 Å². The maximum absolute atomic E-state index is 10.7. The number of aromatic hydroxyl groups is 2. The van der Waals surface area contributed by atoms with Crippen LogP contribution in [0.15, 0.2) is 34.7 Å². The minimum Gasteiger partial charge on any atom is -0.507 e. The van der Waals surface area contributed by atoms with Gasteiger partial charge in [-0.2, -0.15) is 0 Å². The van der Waals surface area contributed by atoms with Gasteiger partial charge in [0.15, 0.2) is 11.5 Å². The van der Waals surface area contributed by atoms with E-state index in [1.807, 2.05) is 0 Å². The number of rotatable bonds is 9. The van der Waals surface area contributed by atoms with Crippen LogP contribution in [0.4, 0.5) is 0 Å². The van der Waals surface area contributed by atoms with Crippen LogP contribution in [0.5, 0.6) is 34.5 Å². The second-order valence-corrected chi connectivity index (χ2v) is 10.7. The van der Waals surface area contributed by atoms with Crippen LogP contribution >= 0.6 is 0 Å². The topological polar surface area (TPSA) is 269 Å². The summed E-state index contributed by atoms with van der Waals surface area (Å²) in [5.74, 6) is -1.32. The average molecular weight is 656 g/mol. The average Bonchev–Trinajstić information content (AvgIpc) is 3.05. The van der Waals surface area contributed by atoms with Crippen LogP contribution in [0, 0.1) is 0 Å². The van der Waals surface area contributed by atoms with Crippen molar-refractivity contribution >= 4 is 11.0 Å². The van der Waals surface area contributed by atoms with Crippen LogP contribution in [-0.4, -0.2) is 140 Å². The Bertz CT molecular complexity index is 1500. The fraction of sp³-hybridized carbons (Fsp3) is 0.483. The third-order valence-electron chi connectivity index (χ3n) is 7.73. The Labute approximate surface area is 260 Å². The monoisotopic (exact) mass is 655 g/mol. The van der Waals surface area contributed by atoms with Crippen molar-refractivity contribution in [3.05, 3.63) is 30.3 Å². The Hall–Kier alpha value is -3.75. The number of hydrogen-bond acceptors (Lipinski definition) is 16. The standard InChI is InChI=1S/C29H34O17/c1-40-15-3-10(4-16(41-2)20(15)33)27-17(44-29-26(39)24(37)22(35)19(9-31)46-29)7-12-13(42-27)5-11(32)6-14(12)43-28-25(38)23(36)21(34)18(8-30)45-28/h3-7,18-19,21-26,28-31,34-39H,8-9H2,1-2H3,(H-,32,33)/p+1/t18-,19-,21-,22-,23+,24+,25-,26-,28?,29?/m1/s1. The molecule has 0 aliphatic carbocycles. The van der Waals surface area contributed by atoms with Gasteiger partial charge in [0.1, 0.15) is 65.7 Å². The number of fused-ring (bicyclic) bond motifs is 1. The summed E-state index contributed by atoms with van der Waals surface area (Å²) in [5, 5.41) is 102. The third kappa shape index (κ3) is 6.17. The molecule has 2 aliphatic rings. The van der Waals surface area contributed by atoms with Gasteiger partial charge in [-0.1, -0.05) is 0 Å². The maximum Gasteiger partial charge on any atom is 0.402 e. The molecule has 10 N–H and O–H groups in total. The molecular weight excluding hydrogens is 620 g/mol. The molecule has 0 spiro atoms. The first kappa shape index (κ1) is 33.6. The third-order valence-corrected chi connectivity index (χ3v) is 7.73. The summed E-state index contributed by atoms with van der Waals surface area (Å²) in [4.78, 5) is 0. The molecule has 2 saturated heterocycles. The van der Waals surface area contributed by atoms with Gasteiger partial charge in [0.2, 0.25) is 24.1 Å². The number of hydrogen-bond donors (Lipinski definition) is 10. The first-order valence-electron chi connectivity index (χ1n) is 14.0. The minimum atomic E-state index is -1.82. The lowest BCUT2D eigenvalue weighted by Gasteiger charge is -2.39. The summed E-state index contributed by atoms with van der Waals surface area (Å²) < 4.78 is 39.3. The van der Waals surface area contributed by atoms with Gasteiger partial charge in [-0.15, -0.1) is 0 Å². The molecule has 2 aliphatic heterocycles. The van der Waals surface area contributed by atoms with Gasteiger partial charge in [-0.3, -0.25) is 0 Å². The minimum absolute atomic E-state index is 0.0361. The van der Waals surface area contributed by atoms with Gasteiger partial charge in [-0.25, -0.2) is 4.42 Å². The van der Waals surface area contributed by atoms with E-state index >= 15 is 0 Å². The predicted octanol–water partition coefficient (Wildman–Crippen LogP) is -1.83. The van der Waals surface area contributed by atoms with Crippen LogP contribution in [0.1, 0.15) is 0 Å². The zero-order valence-corrected chi connectivity index (χ0v) is 24.4.